The van der Waals surface area contributed by atoms with Crippen LogP contribution in [0.25, 0.3) is 0 Å². The van der Waals surface area contributed by atoms with Gasteiger partial charge in [0.25, 0.3) is 0 Å². The van der Waals surface area contributed by atoms with Crippen molar-refractivity contribution in [2.45, 2.75) is 26.4 Å². The standard InChI is InChI=1S/C23H21Cl2FN4O2/c1-11-6-13(7-14(9-27)22(11)31-3)21(29)16-8-15(4-5-18(16)28)32-12(2)19-17(24)10-30-23(26)20(19)25/h4-6,8,10,12,14,29H,7,28H2,1-3H3/t12-,14?/m1/s1. The molecule has 32 heavy (non-hydrogen) atoms. The summed E-state index contributed by atoms with van der Waals surface area (Å²) in [6, 6.07) is 7.11. The van der Waals surface area contributed by atoms with E-state index in [0.29, 0.717) is 34.8 Å². The molecule has 0 bridgehead atoms. The molecular formula is C23H21Cl2FN4O2. The minimum atomic E-state index is -0.837. The third kappa shape index (κ3) is 4.57. The number of allylic oxidation sites excluding steroid dienone is 4. The quantitative estimate of drug-likeness (QED) is 0.303. The molecule has 0 radical (unpaired) electrons. The van der Waals surface area contributed by atoms with Gasteiger partial charge in [0, 0.05) is 23.0 Å². The van der Waals surface area contributed by atoms with Crippen LogP contribution < -0.4 is 10.5 Å². The molecule has 0 amide bonds. The van der Waals surface area contributed by atoms with Crippen molar-refractivity contribution in [2.24, 2.45) is 5.92 Å². The molecule has 3 rings (SSSR count). The Hall–Kier alpha value is -3.08. The largest absolute Gasteiger partial charge is 0.499 e. The third-order valence-corrected chi connectivity index (χ3v) is 5.86. The third-order valence-electron chi connectivity index (χ3n) is 5.20. The summed E-state index contributed by atoms with van der Waals surface area (Å²) in [4.78, 5) is 3.49. The predicted molar refractivity (Wildman–Crippen MR) is 122 cm³/mol. The lowest BCUT2D eigenvalue weighted by Gasteiger charge is -2.23. The Morgan fingerprint density at radius 1 is 1.41 bits per heavy atom. The number of benzene rings is 1. The number of nitrogens with two attached hydrogens (primary N) is 1. The lowest BCUT2D eigenvalue weighted by atomic mass is 9.85. The maximum atomic E-state index is 13.8. The number of anilines is 1. The van der Waals surface area contributed by atoms with Crippen LogP contribution in [0.5, 0.6) is 5.75 Å². The summed E-state index contributed by atoms with van der Waals surface area (Å²) in [5.41, 5.74) is 8.87. The van der Waals surface area contributed by atoms with Crippen LogP contribution in [0.2, 0.25) is 10.0 Å². The van der Waals surface area contributed by atoms with Crippen molar-refractivity contribution in [3.05, 3.63) is 74.5 Å². The lowest BCUT2D eigenvalue weighted by Crippen LogP contribution is -2.17. The molecule has 1 aromatic carbocycles. The number of methoxy groups -OCH3 is 1. The van der Waals surface area contributed by atoms with Crippen LogP contribution in [-0.2, 0) is 4.74 Å². The molecule has 0 spiro atoms. The van der Waals surface area contributed by atoms with E-state index >= 15 is 0 Å². The molecule has 1 aliphatic rings. The normalized spacial score (nSPS) is 16.8. The highest BCUT2D eigenvalue weighted by atomic mass is 35.5. The van der Waals surface area contributed by atoms with Gasteiger partial charge >= 0.3 is 0 Å². The van der Waals surface area contributed by atoms with Crippen LogP contribution in [0.1, 0.15) is 37.5 Å². The molecule has 3 N–H and O–H groups in total. The molecule has 0 fully saturated rings. The van der Waals surface area contributed by atoms with Crippen LogP contribution in [0.4, 0.5) is 10.1 Å². The molecule has 0 aliphatic heterocycles. The summed E-state index contributed by atoms with van der Waals surface area (Å²) in [6.07, 6.45) is 2.64. The average molecular weight is 475 g/mol. The molecule has 1 aliphatic carbocycles. The number of halogens is 3. The SMILES string of the molecule is COC1=C(C)C=C(C(=N)c2cc(O[C@H](C)c3c(Cl)cnc(F)c3Cl)ccc2N)CC1C#N. The zero-order chi connectivity index (χ0) is 23.6. The van der Waals surface area contributed by atoms with E-state index in [9.17, 15) is 9.65 Å². The van der Waals surface area contributed by atoms with Crippen molar-refractivity contribution in [3.63, 3.8) is 0 Å². The Morgan fingerprint density at radius 2 is 2.12 bits per heavy atom. The van der Waals surface area contributed by atoms with E-state index in [4.69, 9.17) is 43.8 Å². The second-order valence-corrected chi connectivity index (χ2v) is 8.10. The van der Waals surface area contributed by atoms with Gasteiger partial charge in [0.2, 0.25) is 5.95 Å². The van der Waals surface area contributed by atoms with Crippen molar-refractivity contribution >= 4 is 34.6 Å². The topological polar surface area (TPSA) is 105 Å². The number of nitrogens with zero attached hydrogens (tertiary/aromatic N) is 2. The van der Waals surface area contributed by atoms with Gasteiger partial charge < -0.3 is 15.2 Å². The van der Waals surface area contributed by atoms with Gasteiger partial charge in [0.15, 0.2) is 0 Å². The first-order valence-electron chi connectivity index (χ1n) is 9.67. The first-order chi connectivity index (χ1) is 15.2. The highest BCUT2D eigenvalue weighted by molar-refractivity contribution is 6.35. The lowest BCUT2D eigenvalue weighted by molar-refractivity contribution is 0.226. The number of aromatic nitrogens is 1. The van der Waals surface area contributed by atoms with Crippen molar-refractivity contribution < 1.29 is 13.9 Å². The maximum absolute atomic E-state index is 13.8. The maximum Gasteiger partial charge on any atom is 0.232 e. The Labute approximate surface area is 195 Å². The first-order valence-corrected chi connectivity index (χ1v) is 10.4. The molecule has 1 unspecified atom stereocenters. The summed E-state index contributed by atoms with van der Waals surface area (Å²) in [7, 11) is 1.53. The van der Waals surface area contributed by atoms with Gasteiger partial charge in [-0.15, -0.1) is 0 Å². The van der Waals surface area contributed by atoms with Crippen molar-refractivity contribution in [1.82, 2.24) is 4.98 Å². The number of nitrogens with one attached hydrogen (secondary N) is 1. The number of rotatable bonds is 6. The molecule has 9 heteroatoms. The Balaban J connectivity index is 1.92. The number of hydrogen-bond acceptors (Lipinski definition) is 6. The average Bonchev–Trinajstić information content (AvgIpc) is 2.76. The van der Waals surface area contributed by atoms with E-state index in [1.807, 2.05) is 13.0 Å². The van der Waals surface area contributed by atoms with Gasteiger partial charge in [-0.05, 0) is 49.6 Å². The molecule has 1 aromatic heterocycles. The van der Waals surface area contributed by atoms with E-state index < -0.39 is 18.0 Å². The minimum Gasteiger partial charge on any atom is -0.499 e. The molecule has 0 saturated heterocycles. The van der Waals surface area contributed by atoms with Crippen LogP contribution in [0.15, 0.2) is 47.4 Å². The fourth-order valence-electron chi connectivity index (χ4n) is 3.65. The van der Waals surface area contributed by atoms with Crippen LogP contribution in [0.3, 0.4) is 0 Å². The fourth-order valence-corrected chi connectivity index (χ4v) is 4.30. The number of hydrogen-bond donors (Lipinski definition) is 2. The minimum absolute atomic E-state index is 0.179. The van der Waals surface area contributed by atoms with Gasteiger partial charge in [-0.3, -0.25) is 5.41 Å². The second-order valence-electron chi connectivity index (χ2n) is 7.32. The Morgan fingerprint density at radius 3 is 2.78 bits per heavy atom. The van der Waals surface area contributed by atoms with Crippen LogP contribution in [-0.4, -0.2) is 17.8 Å². The molecule has 2 aromatic rings. The molecule has 1 heterocycles. The smallest absolute Gasteiger partial charge is 0.232 e. The van der Waals surface area contributed by atoms with Gasteiger partial charge in [-0.1, -0.05) is 29.3 Å². The number of nitriles is 1. The van der Waals surface area contributed by atoms with Gasteiger partial charge in [-0.25, -0.2) is 4.98 Å². The summed E-state index contributed by atoms with van der Waals surface area (Å²) in [5, 5.41) is 18.2. The second kappa shape index (κ2) is 9.60. The zero-order valence-electron chi connectivity index (χ0n) is 17.7. The first kappa shape index (κ1) is 23.6. The predicted octanol–water partition coefficient (Wildman–Crippen LogP) is 6.01. The van der Waals surface area contributed by atoms with Crippen molar-refractivity contribution in [2.75, 3.05) is 12.8 Å². The summed E-state index contributed by atoms with van der Waals surface area (Å²) >= 11 is 12.2. The van der Waals surface area contributed by atoms with Crippen LogP contribution >= 0.6 is 23.2 Å². The van der Waals surface area contributed by atoms with Gasteiger partial charge in [0.05, 0.1) is 23.9 Å². The van der Waals surface area contributed by atoms with E-state index in [1.165, 1.54) is 13.3 Å². The van der Waals surface area contributed by atoms with Gasteiger partial charge in [-0.2, -0.15) is 9.65 Å². The Kier molecular flexibility index (Phi) is 7.07. The van der Waals surface area contributed by atoms with E-state index in [2.05, 4.69) is 11.1 Å². The van der Waals surface area contributed by atoms with Crippen molar-refractivity contribution in [1.29, 1.82) is 10.7 Å². The zero-order valence-corrected chi connectivity index (χ0v) is 19.2. The van der Waals surface area contributed by atoms with E-state index in [-0.39, 0.29) is 21.3 Å². The molecule has 2 atom stereocenters. The molecule has 166 valence electrons. The number of pyridine rings is 1. The molecule has 0 saturated carbocycles. The van der Waals surface area contributed by atoms with Gasteiger partial charge in [0.1, 0.15) is 28.6 Å². The van der Waals surface area contributed by atoms with E-state index in [1.54, 1.807) is 25.1 Å². The summed E-state index contributed by atoms with van der Waals surface area (Å²) in [6.45, 7) is 3.51. The van der Waals surface area contributed by atoms with Crippen molar-refractivity contribution in [3.8, 4) is 11.8 Å². The van der Waals surface area contributed by atoms with E-state index in [0.717, 1.165) is 5.57 Å². The Bertz CT molecular complexity index is 1190. The fraction of sp³-hybridized carbons (Fsp3) is 0.261. The number of ether oxygens (including phenoxy) is 2. The highest BCUT2D eigenvalue weighted by Gasteiger charge is 2.26. The summed E-state index contributed by atoms with van der Waals surface area (Å²) < 4.78 is 25.1. The summed E-state index contributed by atoms with van der Waals surface area (Å²) in [5.74, 6) is -0.321. The molecule has 6 nitrogen and oxygen atoms in total. The van der Waals surface area contributed by atoms with Crippen LogP contribution in [0, 0.1) is 28.6 Å². The monoisotopic (exact) mass is 474 g/mol. The molecular weight excluding hydrogens is 454 g/mol. The highest BCUT2D eigenvalue weighted by Crippen LogP contribution is 2.36. The number of nitrogen functional groups attached to an aromatic ring is 1.